The Morgan fingerprint density at radius 1 is 1.44 bits per heavy atom. The summed E-state index contributed by atoms with van der Waals surface area (Å²) in [6.07, 6.45) is 5.06. The molecule has 82 valence electrons. The monoisotopic (exact) mass is 253 g/mol. The summed E-state index contributed by atoms with van der Waals surface area (Å²) in [5, 5.41) is 1.71. The summed E-state index contributed by atoms with van der Waals surface area (Å²) >= 11 is 11.3. The fourth-order valence-corrected chi connectivity index (χ4v) is 1.75. The second-order valence-electron chi connectivity index (χ2n) is 3.37. The zero-order valence-electron chi connectivity index (χ0n) is 8.34. The highest BCUT2D eigenvalue weighted by atomic mass is 35.5. The predicted octanol–water partition coefficient (Wildman–Crippen LogP) is 3.64. The SMILES string of the molecule is O=C(C=Cc1c[nH]c2cc(Cl)ccc12)CCl. The Morgan fingerprint density at radius 3 is 3.00 bits per heavy atom. The number of carbonyl (C=O) groups is 1. The van der Waals surface area contributed by atoms with Crippen LogP contribution in [0.5, 0.6) is 0 Å². The average Bonchev–Trinajstić information content (AvgIpc) is 2.68. The molecule has 0 bridgehead atoms. The quantitative estimate of drug-likeness (QED) is 0.658. The molecule has 0 saturated heterocycles. The van der Waals surface area contributed by atoms with Crippen LogP contribution in [-0.4, -0.2) is 16.6 Å². The molecule has 2 nitrogen and oxygen atoms in total. The third-order valence-corrected chi connectivity index (χ3v) is 2.75. The molecule has 0 radical (unpaired) electrons. The predicted molar refractivity (Wildman–Crippen MR) is 68.1 cm³/mol. The van der Waals surface area contributed by atoms with E-state index in [9.17, 15) is 4.79 Å². The van der Waals surface area contributed by atoms with Crippen molar-refractivity contribution in [2.45, 2.75) is 0 Å². The molecule has 4 heteroatoms. The molecule has 16 heavy (non-hydrogen) atoms. The van der Waals surface area contributed by atoms with Crippen LogP contribution in [0.15, 0.2) is 30.5 Å². The highest BCUT2D eigenvalue weighted by Crippen LogP contribution is 2.22. The molecule has 0 fully saturated rings. The number of carbonyl (C=O) groups excluding carboxylic acids is 1. The van der Waals surface area contributed by atoms with Crippen LogP contribution in [0.3, 0.4) is 0 Å². The van der Waals surface area contributed by atoms with Gasteiger partial charge >= 0.3 is 0 Å². The molecule has 0 aliphatic rings. The number of fused-ring (bicyclic) bond motifs is 1. The molecular weight excluding hydrogens is 245 g/mol. The lowest BCUT2D eigenvalue weighted by Gasteiger charge is -1.92. The minimum atomic E-state index is -0.106. The van der Waals surface area contributed by atoms with Crippen molar-refractivity contribution < 1.29 is 4.79 Å². The van der Waals surface area contributed by atoms with Gasteiger partial charge < -0.3 is 4.98 Å². The van der Waals surface area contributed by atoms with E-state index in [0.717, 1.165) is 16.5 Å². The van der Waals surface area contributed by atoms with E-state index in [1.165, 1.54) is 6.08 Å². The third kappa shape index (κ3) is 2.29. The van der Waals surface area contributed by atoms with Gasteiger partial charge in [-0.1, -0.05) is 17.7 Å². The van der Waals surface area contributed by atoms with E-state index < -0.39 is 0 Å². The van der Waals surface area contributed by atoms with Crippen LogP contribution in [0.2, 0.25) is 5.02 Å². The van der Waals surface area contributed by atoms with Crippen molar-refractivity contribution in [3.8, 4) is 0 Å². The lowest BCUT2D eigenvalue weighted by atomic mass is 10.1. The van der Waals surface area contributed by atoms with Crippen LogP contribution in [0.4, 0.5) is 0 Å². The summed E-state index contributed by atoms with van der Waals surface area (Å²) in [5.41, 5.74) is 1.90. The minimum absolute atomic E-state index is 0.00465. The molecule has 1 aromatic heterocycles. The van der Waals surface area contributed by atoms with E-state index in [2.05, 4.69) is 4.98 Å². The number of nitrogens with one attached hydrogen (secondary N) is 1. The number of H-pyrrole nitrogens is 1. The van der Waals surface area contributed by atoms with Gasteiger partial charge in [-0.25, -0.2) is 0 Å². The van der Waals surface area contributed by atoms with Gasteiger partial charge in [-0.15, -0.1) is 11.6 Å². The number of benzene rings is 1. The van der Waals surface area contributed by atoms with Gasteiger partial charge in [0.1, 0.15) is 0 Å². The number of rotatable bonds is 3. The number of aromatic nitrogens is 1. The molecule has 0 spiro atoms. The Kier molecular flexibility index (Phi) is 3.32. The van der Waals surface area contributed by atoms with Crippen LogP contribution in [0, 0.1) is 0 Å². The number of alkyl halides is 1. The summed E-state index contributed by atoms with van der Waals surface area (Å²) in [4.78, 5) is 14.1. The highest BCUT2D eigenvalue weighted by Gasteiger charge is 2.01. The number of ketones is 1. The molecule has 2 aromatic rings. The number of hydrogen-bond donors (Lipinski definition) is 1. The molecule has 0 unspecified atom stereocenters. The van der Waals surface area contributed by atoms with Crippen molar-refractivity contribution in [1.29, 1.82) is 0 Å². The van der Waals surface area contributed by atoms with E-state index in [-0.39, 0.29) is 11.7 Å². The van der Waals surface area contributed by atoms with Gasteiger partial charge in [0, 0.05) is 22.1 Å². The summed E-state index contributed by atoms with van der Waals surface area (Å²) < 4.78 is 0. The highest BCUT2D eigenvalue weighted by molar-refractivity contribution is 6.31. The maximum absolute atomic E-state index is 11.0. The molecule has 0 saturated carbocycles. The number of hydrogen-bond acceptors (Lipinski definition) is 1. The first-order chi connectivity index (χ1) is 7.70. The van der Waals surface area contributed by atoms with E-state index in [4.69, 9.17) is 23.2 Å². The van der Waals surface area contributed by atoms with Gasteiger partial charge in [-0.3, -0.25) is 4.79 Å². The first kappa shape index (κ1) is 11.2. The topological polar surface area (TPSA) is 32.9 Å². The summed E-state index contributed by atoms with van der Waals surface area (Å²) in [6, 6.07) is 5.58. The van der Waals surface area contributed by atoms with Gasteiger partial charge in [-0.2, -0.15) is 0 Å². The smallest absolute Gasteiger partial charge is 0.170 e. The van der Waals surface area contributed by atoms with E-state index in [1.54, 1.807) is 6.08 Å². The summed E-state index contributed by atoms with van der Waals surface area (Å²) in [5.74, 6) is -0.102. The molecule has 0 aliphatic heterocycles. The van der Waals surface area contributed by atoms with Crippen molar-refractivity contribution in [3.63, 3.8) is 0 Å². The molecule has 1 aromatic carbocycles. The molecule has 0 aliphatic carbocycles. The lowest BCUT2D eigenvalue weighted by molar-refractivity contribution is -0.112. The fraction of sp³-hybridized carbons (Fsp3) is 0.0833. The van der Waals surface area contributed by atoms with Crippen molar-refractivity contribution >= 4 is 46.0 Å². The molecular formula is C12H9Cl2NO. The first-order valence-electron chi connectivity index (χ1n) is 4.74. The molecule has 1 N–H and O–H groups in total. The van der Waals surface area contributed by atoms with Crippen molar-refractivity contribution in [3.05, 3.63) is 41.1 Å². The van der Waals surface area contributed by atoms with Crippen LogP contribution in [0.1, 0.15) is 5.56 Å². The molecule has 0 amide bonds. The number of halogens is 2. The van der Waals surface area contributed by atoms with E-state index in [1.807, 2.05) is 24.4 Å². The summed E-state index contributed by atoms with van der Waals surface area (Å²) in [7, 11) is 0. The van der Waals surface area contributed by atoms with Crippen LogP contribution in [0.25, 0.3) is 17.0 Å². The fourth-order valence-electron chi connectivity index (χ4n) is 1.49. The number of aromatic amines is 1. The lowest BCUT2D eigenvalue weighted by Crippen LogP contribution is -1.91. The largest absolute Gasteiger partial charge is 0.361 e. The minimum Gasteiger partial charge on any atom is -0.361 e. The van der Waals surface area contributed by atoms with Gasteiger partial charge in [0.05, 0.1) is 5.88 Å². The zero-order chi connectivity index (χ0) is 11.5. The average molecular weight is 254 g/mol. The second-order valence-corrected chi connectivity index (χ2v) is 4.07. The summed E-state index contributed by atoms with van der Waals surface area (Å²) in [6.45, 7) is 0. The van der Waals surface area contributed by atoms with E-state index >= 15 is 0 Å². The van der Waals surface area contributed by atoms with Crippen LogP contribution >= 0.6 is 23.2 Å². The van der Waals surface area contributed by atoms with Crippen molar-refractivity contribution in [1.82, 2.24) is 4.98 Å². The van der Waals surface area contributed by atoms with Crippen molar-refractivity contribution in [2.75, 3.05) is 5.88 Å². The number of allylic oxidation sites excluding steroid dienone is 1. The maximum atomic E-state index is 11.0. The van der Waals surface area contributed by atoms with Gasteiger partial charge in [0.2, 0.25) is 0 Å². The molecule has 2 rings (SSSR count). The Morgan fingerprint density at radius 2 is 2.25 bits per heavy atom. The van der Waals surface area contributed by atoms with Gasteiger partial charge in [0.25, 0.3) is 0 Å². The Balaban J connectivity index is 2.39. The maximum Gasteiger partial charge on any atom is 0.170 e. The first-order valence-corrected chi connectivity index (χ1v) is 5.65. The van der Waals surface area contributed by atoms with Gasteiger partial charge in [-0.05, 0) is 29.8 Å². The third-order valence-electron chi connectivity index (χ3n) is 2.26. The van der Waals surface area contributed by atoms with Crippen LogP contribution in [-0.2, 0) is 4.79 Å². The van der Waals surface area contributed by atoms with Gasteiger partial charge in [0.15, 0.2) is 5.78 Å². The molecule has 0 atom stereocenters. The van der Waals surface area contributed by atoms with E-state index in [0.29, 0.717) is 5.02 Å². The van der Waals surface area contributed by atoms with Crippen LogP contribution < -0.4 is 0 Å². The molecule has 1 heterocycles. The Hall–Kier alpha value is -1.25. The second kappa shape index (κ2) is 4.73. The normalized spacial score (nSPS) is 11.4. The zero-order valence-corrected chi connectivity index (χ0v) is 9.85. The Labute approximate surface area is 103 Å². The van der Waals surface area contributed by atoms with Crippen molar-refractivity contribution in [2.24, 2.45) is 0 Å². The standard InChI is InChI=1S/C12H9Cl2NO/c13-6-10(16)3-1-8-7-15-12-5-9(14)2-4-11(8)12/h1-5,7,15H,6H2. The Bertz CT molecular complexity index is 557.